The smallest absolute Gasteiger partial charge is 0.200 e. The quantitative estimate of drug-likeness (QED) is 0.294. The molecule has 4 nitrogen and oxygen atoms in total. The molecule has 2 rings (SSSR count). The second kappa shape index (κ2) is 8.51. The van der Waals surface area contributed by atoms with Crippen LogP contribution in [-0.2, 0) is 4.74 Å². The summed E-state index contributed by atoms with van der Waals surface area (Å²) in [5, 5.41) is 0. The molecule has 0 saturated carbocycles. The third-order valence-corrected chi connectivity index (χ3v) is 4.02. The Morgan fingerprint density at radius 3 is 2.39 bits per heavy atom. The summed E-state index contributed by atoms with van der Waals surface area (Å²) >= 11 is 0. The molecule has 124 valence electrons. The molecule has 0 aliphatic heterocycles. The Balaban J connectivity index is 1.87. The highest BCUT2D eigenvalue weighted by Gasteiger charge is 2.33. The lowest BCUT2D eigenvalue weighted by molar-refractivity contribution is 0.0979. The number of allylic oxidation sites excluding steroid dienone is 1. The summed E-state index contributed by atoms with van der Waals surface area (Å²) in [4.78, 5) is 24.5. The molecule has 4 heteroatoms. The van der Waals surface area contributed by atoms with E-state index < -0.39 is 0 Å². The number of hydrogen-bond donors (Lipinski definition) is 0. The van der Waals surface area contributed by atoms with Crippen LogP contribution >= 0.6 is 0 Å². The Morgan fingerprint density at radius 1 is 0.957 bits per heavy atom. The summed E-state index contributed by atoms with van der Waals surface area (Å²) in [6.45, 7) is 2.73. The molecule has 0 saturated heterocycles. The van der Waals surface area contributed by atoms with Crippen molar-refractivity contribution in [2.24, 2.45) is 0 Å². The maximum Gasteiger partial charge on any atom is 0.200 e. The minimum atomic E-state index is -0.285. The van der Waals surface area contributed by atoms with Gasteiger partial charge in [-0.3, -0.25) is 9.59 Å². The Kier molecular flexibility index (Phi) is 6.39. The molecule has 0 aromatic heterocycles. The summed E-state index contributed by atoms with van der Waals surface area (Å²) in [7, 11) is 1.53. The van der Waals surface area contributed by atoms with Crippen LogP contribution in [0, 0.1) is 0 Å². The zero-order valence-electron chi connectivity index (χ0n) is 13.9. The zero-order chi connectivity index (χ0) is 16.7. The van der Waals surface area contributed by atoms with Gasteiger partial charge in [0, 0.05) is 11.1 Å². The number of unbranched alkanes of at least 4 members (excludes halogenated alkanes) is 5. The van der Waals surface area contributed by atoms with Crippen LogP contribution in [0.4, 0.5) is 0 Å². The molecule has 23 heavy (non-hydrogen) atoms. The van der Waals surface area contributed by atoms with Crippen LogP contribution in [0.25, 0.3) is 0 Å². The highest BCUT2D eigenvalue weighted by Crippen LogP contribution is 2.29. The average Bonchev–Trinajstić information content (AvgIpc) is 2.81. The number of Topliss-reactive ketones (excluding diaryl/α,β-unsaturated/α-hetero) is 2. The fourth-order valence-electron chi connectivity index (χ4n) is 2.64. The molecular weight excluding hydrogens is 292 g/mol. The monoisotopic (exact) mass is 316 g/mol. The van der Waals surface area contributed by atoms with Crippen LogP contribution in [0.2, 0.25) is 0 Å². The van der Waals surface area contributed by atoms with E-state index in [1.165, 1.54) is 39.1 Å². The van der Waals surface area contributed by atoms with Crippen LogP contribution in [0.1, 0.15) is 66.2 Å². The third-order valence-electron chi connectivity index (χ3n) is 4.02. The number of ketones is 2. The van der Waals surface area contributed by atoms with Crippen LogP contribution in [0.5, 0.6) is 5.75 Å². The highest BCUT2D eigenvalue weighted by molar-refractivity contribution is 6.39. The molecule has 1 aromatic rings. The normalized spacial score (nSPS) is 15.1. The van der Waals surface area contributed by atoms with Gasteiger partial charge in [-0.2, -0.15) is 0 Å². The fraction of sp³-hybridized carbons (Fsp3) is 0.474. The van der Waals surface area contributed by atoms with E-state index in [9.17, 15) is 9.59 Å². The third kappa shape index (κ3) is 4.21. The van der Waals surface area contributed by atoms with Crippen molar-refractivity contribution in [3.8, 4) is 5.75 Å². The summed E-state index contributed by atoms with van der Waals surface area (Å²) in [6.07, 6.45) is 8.35. The second-order valence-electron chi connectivity index (χ2n) is 5.74. The van der Waals surface area contributed by atoms with Gasteiger partial charge in [-0.25, -0.2) is 0 Å². The molecule has 1 aromatic carbocycles. The van der Waals surface area contributed by atoms with Gasteiger partial charge in [0.05, 0.1) is 20.0 Å². The lowest BCUT2D eigenvalue weighted by Gasteiger charge is -2.02. The molecule has 0 spiro atoms. The zero-order valence-corrected chi connectivity index (χ0v) is 13.9. The predicted octanol–water partition coefficient (Wildman–Crippen LogP) is 4.34. The second-order valence-corrected chi connectivity index (χ2v) is 5.74. The molecule has 0 N–H and O–H groups in total. The number of rotatable bonds is 9. The molecule has 0 fully saturated rings. The molecule has 0 amide bonds. The largest absolute Gasteiger partial charge is 0.500 e. The number of methoxy groups -OCH3 is 1. The molecule has 0 heterocycles. The van der Waals surface area contributed by atoms with Crippen molar-refractivity contribution in [1.82, 2.24) is 0 Å². The number of benzene rings is 1. The standard InChI is InChI=1S/C19H24O4/c1-3-4-5-6-7-8-11-23-13-17-18(20)15-10-9-14(22-2)12-16(15)19(17)21/h9-10,12-13H,3-8,11H2,1-2H3. The van der Waals surface area contributed by atoms with Crippen LogP contribution in [0.3, 0.4) is 0 Å². The Bertz CT molecular complexity index is 601. The van der Waals surface area contributed by atoms with Gasteiger partial charge >= 0.3 is 0 Å². The fourth-order valence-corrected chi connectivity index (χ4v) is 2.64. The van der Waals surface area contributed by atoms with Gasteiger partial charge in [-0.05, 0) is 24.6 Å². The average molecular weight is 316 g/mol. The predicted molar refractivity (Wildman–Crippen MR) is 89.1 cm³/mol. The first-order valence-electron chi connectivity index (χ1n) is 8.28. The van der Waals surface area contributed by atoms with Crippen molar-refractivity contribution in [1.29, 1.82) is 0 Å². The van der Waals surface area contributed by atoms with Crippen molar-refractivity contribution in [3.05, 3.63) is 41.2 Å². The summed E-state index contributed by atoms with van der Waals surface area (Å²) in [5.74, 6) is 0.0154. The van der Waals surface area contributed by atoms with E-state index in [1.54, 1.807) is 18.2 Å². The van der Waals surface area contributed by atoms with Crippen molar-refractivity contribution < 1.29 is 19.1 Å². The van der Waals surface area contributed by atoms with Crippen LogP contribution < -0.4 is 4.74 Å². The molecule has 0 bridgehead atoms. The van der Waals surface area contributed by atoms with E-state index >= 15 is 0 Å². The lowest BCUT2D eigenvalue weighted by Crippen LogP contribution is -2.02. The van der Waals surface area contributed by atoms with E-state index in [-0.39, 0.29) is 17.1 Å². The number of carbonyl (C=O) groups excluding carboxylic acids is 2. The van der Waals surface area contributed by atoms with Gasteiger partial charge in [0.25, 0.3) is 0 Å². The molecule has 0 radical (unpaired) electrons. The topological polar surface area (TPSA) is 52.6 Å². The van der Waals surface area contributed by atoms with Gasteiger partial charge in [-0.15, -0.1) is 0 Å². The number of ether oxygens (including phenoxy) is 2. The first-order chi connectivity index (χ1) is 11.2. The first kappa shape index (κ1) is 17.3. The van der Waals surface area contributed by atoms with Gasteiger partial charge in [0.2, 0.25) is 11.6 Å². The number of carbonyl (C=O) groups is 2. The summed E-state index contributed by atoms with van der Waals surface area (Å²) in [6, 6.07) is 4.91. The molecule has 1 aliphatic carbocycles. The Morgan fingerprint density at radius 2 is 1.65 bits per heavy atom. The Labute approximate surface area is 137 Å². The molecule has 0 unspecified atom stereocenters. The van der Waals surface area contributed by atoms with Crippen molar-refractivity contribution in [2.75, 3.05) is 13.7 Å². The number of fused-ring (bicyclic) bond motifs is 1. The minimum absolute atomic E-state index is 0.110. The van der Waals surface area contributed by atoms with E-state index in [4.69, 9.17) is 9.47 Å². The van der Waals surface area contributed by atoms with Crippen LogP contribution in [-0.4, -0.2) is 25.3 Å². The lowest BCUT2D eigenvalue weighted by atomic mass is 10.1. The van der Waals surface area contributed by atoms with E-state index in [0.717, 1.165) is 12.8 Å². The van der Waals surface area contributed by atoms with Crippen molar-refractivity contribution in [2.45, 2.75) is 45.4 Å². The molecular formula is C19H24O4. The van der Waals surface area contributed by atoms with Crippen LogP contribution in [0.15, 0.2) is 30.0 Å². The summed E-state index contributed by atoms with van der Waals surface area (Å²) < 4.78 is 10.5. The first-order valence-corrected chi connectivity index (χ1v) is 8.28. The van der Waals surface area contributed by atoms with E-state index in [1.807, 2.05) is 0 Å². The van der Waals surface area contributed by atoms with Gasteiger partial charge < -0.3 is 9.47 Å². The van der Waals surface area contributed by atoms with Crippen molar-refractivity contribution in [3.63, 3.8) is 0 Å². The van der Waals surface area contributed by atoms with Gasteiger partial charge in [-0.1, -0.05) is 39.0 Å². The SMILES string of the molecule is CCCCCCCCOC=C1C(=O)c2ccc(OC)cc2C1=O. The van der Waals surface area contributed by atoms with E-state index in [0.29, 0.717) is 23.5 Å². The van der Waals surface area contributed by atoms with Gasteiger partial charge in [0.15, 0.2) is 0 Å². The number of hydrogen-bond acceptors (Lipinski definition) is 4. The molecule has 0 atom stereocenters. The van der Waals surface area contributed by atoms with E-state index in [2.05, 4.69) is 6.92 Å². The highest BCUT2D eigenvalue weighted by atomic mass is 16.5. The molecule has 1 aliphatic rings. The van der Waals surface area contributed by atoms with Crippen molar-refractivity contribution >= 4 is 11.6 Å². The van der Waals surface area contributed by atoms with Gasteiger partial charge in [0.1, 0.15) is 11.3 Å². The maximum absolute atomic E-state index is 12.3. The minimum Gasteiger partial charge on any atom is -0.500 e. The summed E-state index contributed by atoms with van der Waals surface area (Å²) in [5.41, 5.74) is 0.924. The maximum atomic E-state index is 12.3. The Hall–Kier alpha value is -2.10.